The molecular weight excluding hydrogens is 328 g/mol. The molecule has 0 aromatic heterocycles. The molecule has 1 aliphatic carbocycles. The number of carbonyl (C=O) groups excluding carboxylic acids is 2. The lowest BCUT2D eigenvalue weighted by Crippen LogP contribution is -2.49. The predicted molar refractivity (Wildman–Crippen MR) is 104 cm³/mol. The van der Waals surface area contributed by atoms with E-state index in [4.69, 9.17) is 4.74 Å². The molecule has 0 aliphatic heterocycles. The van der Waals surface area contributed by atoms with Crippen LogP contribution in [0.25, 0.3) is 0 Å². The third kappa shape index (κ3) is 5.48. The second-order valence-electron chi connectivity index (χ2n) is 7.58. The largest absolute Gasteiger partial charge is 0.497 e. The van der Waals surface area contributed by atoms with Gasteiger partial charge >= 0.3 is 0 Å². The zero-order chi connectivity index (χ0) is 19.1. The van der Waals surface area contributed by atoms with Gasteiger partial charge in [0, 0.05) is 17.7 Å². The van der Waals surface area contributed by atoms with Crippen molar-refractivity contribution in [1.82, 2.24) is 5.32 Å². The number of rotatable bonds is 7. The third-order valence-electron chi connectivity index (χ3n) is 5.38. The first-order chi connectivity index (χ1) is 12.4. The van der Waals surface area contributed by atoms with Gasteiger partial charge < -0.3 is 15.4 Å². The van der Waals surface area contributed by atoms with Crippen molar-refractivity contribution >= 4 is 17.5 Å². The maximum atomic E-state index is 12.7. The first-order valence-electron chi connectivity index (χ1n) is 9.69. The number of amides is 2. The highest BCUT2D eigenvalue weighted by atomic mass is 16.5. The van der Waals surface area contributed by atoms with E-state index in [0.717, 1.165) is 31.6 Å². The molecule has 0 unspecified atom stereocenters. The molecule has 1 atom stereocenters. The summed E-state index contributed by atoms with van der Waals surface area (Å²) < 4.78 is 5.19. The van der Waals surface area contributed by atoms with Crippen LogP contribution in [0.4, 0.5) is 5.69 Å². The maximum Gasteiger partial charge on any atom is 0.247 e. The van der Waals surface area contributed by atoms with E-state index in [-0.39, 0.29) is 23.7 Å². The van der Waals surface area contributed by atoms with Crippen LogP contribution in [0.15, 0.2) is 24.3 Å². The van der Waals surface area contributed by atoms with Crippen LogP contribution >= 0.6 is 0 Å². The van der Waals surface area contributed by atoms with E-state index >= 15 is 0 Å². The Kier molecular flexibility index (Phi) is 7.49. The van der Waals surface area contributed by atoms with Crippen LogP contribution in [0.3, 0.4) is 0 Å². The number of nitrogens with one attached hydrogen (secondary N) is 2. The summed E-state index contributed by atoms with van der Waals surface area (Å²) in [6.45, 7) is 6.11. The molecule has 1 fully saturated rings. The van der Waals surface area contributed by atoms with Crippen molar-refractivity contribution < 1.29 is 14.3 Å². The highest BCUT2D eigenvalue weighted by Gasteiger charge is 2.30. The molecule has 1 aromatic rings. The van der Waals surface area contributed by atoms with Crippen molar-refractivity contribution in [2.45, 2.75) is 58.9 Å². The van der Waals surface area contributed by atoms with Crippen molar-refractivity contribution in [1.29, 1.82) is 0 Å². The lowest BCUT2D eigenvalue weighted by molar-refractivity contribution is -0.131. The Morgan fingerprint density at radius 1 is 1.19 bits per heavy atom. The van der Waals surface area contributed by atoms with Gasteiger partial charge in [-0.15, -0.1) is 0 Å². The van der Waals surface area contributed by atoms with Gasteiger partial charge in [0.25, 0.3) is 0 Å². The van der Waals surface area contributed by atoms with Crippen LogP contribution in [-0.2, 0) is 9.59 Å². The summed E-state index contributed by atoms with van der Waals surface area (Å²) in [5.41, 5.74) is 0.665. The Bertz CT molecular complexity index is 607. The molecule has 2 amide bonds. The monoisotopic (exact) mass is 360 g/mol. The van der Waals surface area contributed by atoms with Crippen molar-refractivity contribution in [3.63, 3.8) is 0 Å². The smallest absolute Gasteiger partial charge is 0.247 e. The molecule has 1 aromatic carbocycles. The van der Waals surface area contributed by atoms with E-state index in [1.54, 1.807) is 13.2 Å². The minimum atomic E-state index is -0.544. The van der Waals surface area contributed by atoms with Crippen LogP contribution in [0.2, 0.25) is 0 Å². The van der Waals surface area contributed by atoms with Gasteiger partial charge in [-0.2, -0.15) is 0 Å². The molecule has 0 spiro atoms. The quantitative estimate of drug-likeness (QED) is 0.772. The summed E-state index contributed by atoms with van der Waals surface area (Å²) in [6.07, 6.45) is 5.25. The molecule has 0 heterocycles. The molecule has 2 N–H and O–H groups in total. The summed E-state index contributed by atoms with van der Waals surface area (Å²) in [5.74, 6) is 1.29. The minimum Gasteiger partial charge on any atom is -0.497 e. The average Bonchev–Trinajstić information content (AvgIpc) is 2.65. The predicted octanol–water partition coefficient (Wildman–Crippen LogP) is 3.99. The van der Waals surface area contributed by atoms with Gasteiger partial charge in [-0.05, 0) is 49.7 Å². The molecule has 1 aliphatic rings. The van der Waals surface area contributed by atoms with E-state index in [0.29, 0.717) is 11.4 Å². The number of methoxy groups -OCH3 is 1. The van der Waals surface area contributed by atoms with Crippen LogP contribution in [-0.4, -0.2) is 25.0 Å². The molecule has 0 bridgehead atoms. The van der Waals surface area contributed by atoms with E-state index in [1.807, 2.05) is 32.0 Å². The molecule has 26 heavy (non-hydrogen) atoms. The molecule has 0 radical (unpaired) electrons. The summed E-state index contributed by atoms with van der Waals surface area (Å²) in [4.78, 5) is 25.4. The summed E-state index contributed by atoms with van der Waals surface area (Å²) >= 11 is 0. The number of ether oxygens (including phenoxy) is 1. The van der Waals surface area contributed by atoms with Gasteiger partial charge in [-0.25, -0.2) is 0 Å². The van der Waals surface area contributed by atoms with Gasteiger partial charge in [0.15, 0.2) is 0 Å². The number of hydrogen-bond donors (Lipinski definition) is 2. The minimum absolute atomic E-state index is 0.0107. The Balaban J connectivity index is 1.96. The van der Waals surface area contributed by atoms with Crippen molar-refractivity contribution in [3.05, 3.63) is 24.3 Å². The average molecular weight is 360 g/mol. The normalized spacial score (nSPS) is 21.1. The van der Waals surface area contributed by atoms with E-state index < -0.39 is 6.04 Å². The second kappa shape index (κ2) is 9.60. The second-order valence-corrected chi connectivity index (χ2v) is 7.58. The van der Waals surface area contributed by atoms with Gasteiger partial charge in [-0.3, -0.25) is 9.59 Å². The zero-order valence-corrected chi connectivity index (χ0v) is 16.4. The number of hydrogen-bond acceptors (Lipinski definition) is 3. The molecular formula is C21H32N2O3. The van der Waals surface area contributed by atoms with E-state index in [1.165, 1.54) is 6.42 Å². The highest BCUT2D eigenvalue weighted by Crippen LogP contribution is 2.30. The van der Waals surface area contributed by atoms with Gasteiger partial charge in [0.2, 0.25) is 11.8 Å². The fourth-order valence-electron chi connectivity index (χ4n) is 3.56. The first-order valence-corrected chi connectivity index (χ1v) is 9.69. The van der Waals surface area contributed by atoms with Crippen molar-refractivity contribution in [2.24, 2.45) is 17.8 Å². The van der Waals surface area contributed by atoms with Crippen LogP contribution in [0, 0.1) is 17.8 Å². The van der Waals surface area contributed by atoms with Crippen LogP contribution in [0.5, 0.6) is 5.75 Å². The number of carbonyl (C=O) groups is 2. The Labute approximate surface area is 156 Å². The fourth-order valence-corrected chi connectivity index (χ4v) is 3.56. The number of anilines is 1. The summed E-state index contributed by atoms with van der Waals surface area (Å²) in [5, 5.41) is 5.87. The molecule has 2 rings (SSSR count). The lowest BCUT2D eigenvalue weighted by atomic mass is 9.80. The molecule has 0 saturated heterocycles. The zero-order valence-electron chi connectivity index (χ0n) is 16.4. The fraction of sp³-hybridized carbons (Fsp3) is 0.619. The van der Waals surface area contributed by atoms with Crippen LogP contribution in [0.1, 0.15) is 52.9 Å². The molecule has 5 heteroatoms. The Morgan fingerprint density at radius 2 is 1.88 bits per heavy atom. The van der Waals surface area contributed by atoms with E-state index in [2.05, 4.69) is 17.6 Å². The topological polar surface area (TPSA) is 67.4 Å². The van der Waals surface area contributed by atoms with Gasteiger partial charge in [0.05, 0.1) is 7.11 Å². The number of benzene rings is 1. The van der Waals surface area contributed by atoms with Gasteiger partial charge in [-0.1, -0.05) is 33.3 Å². The first kappa shape index (κ1) is 20.3. The lowest BCUT2D eigenvalue weighted by Gasteiger charge is -2.29. The van der Waals surface area contributed by atoms with Crippen molar-refractivity contribution in [2.75, 3.05) is 12.4 Å². The highest BCUT2D eigenvalue weighted by molar-refractivity contribution is 5.97. The molecule has 5 nitrogen and oxygen atoms in total. The maximum absolute atomic E-state index is 12.7. The molecule has 144 valence electrons. The molecule has 1 saturated carbocycles. The summed E-state index contributed by atoms with van der Waals surface area (Å²) in [6, 6.07) is 6.68. The Morgan fingerprint density at radius 3 is 2.46 bits per heavy atom. The van der Waals surface area contributed by atoms with Gasteiger partial charge in [0.1, 0.15) is 11.8 Å². The Hall–Kier alpha value is -2.04. The SMILES string of the molecule is CCC1CCC(C(=O)N[C@@H](C(=O)Nc2cccc(OC)c2)C(C)C)CC1. The third-order valence-corrected chi connectivity index (χ3v) is 5.38. The standard InChI is InChI=1S/C21H32N2O3/c1-5-15-9-11-16(12-10-15)20(24)23-19(14(2)3)21(25)22-17-7-6-8-18(13-17)26-4/h6-8,13-16,19H,5,9-12H2,1-4H3,(H,22,25)(H,23,24)/t15?,16?,19-/m1/s1. The van der Waals surface area contributed by atoms with Crippen molar-refractivity contribution in [3.8, 4) is 5.75 Å². The van der Waals surface area contributed by atoms with E-state index in [9.17, 15) is 9.59 Å². The van der Waals surface area contributed by atoms with Crippen LogP contribution < -0.4 is 15.4 Å². The summed E-state index contributed by atoms with van der Waals surface area (Å²) in [7, 11) is 1.59.